The van der Waals surface area contributed by atoms with Crippen molar-refractivity contribution >= 4 is 16.2 Å². The van der Waals surface area contributed by atoms with Crippen molar-refractivity contribution in [1.82, 2.24) is 0 Å². The summed E-state index contributed by atoms with van der Waals surface area (Å²) in [4.78, 5) is 12.6. The van der Waals surface area contributed by atoms with Gasteiger partial charge in [0.05, 0.1) is 0 Å². The molecule has 0 aliphatic carbocycles. The number of aromatic hydroxyl groups is 3. The van der Waals surface area contributed by atoms with E-state index >= 15 is 0 Å². The minimum Gasteiger partial charge on any atom is -0.508 e. The minimum atomic E-state index is -5.03. The van der Waals surface area contributed by atoms with Crippen LogP contribution in [0.2, 0.25) is 0 Å². The highest BCUT2D eigenvalue weighted by Crippen LogP contribution is 2.43. The monoisotopic (exact) mass is 368 g/mol. The van der Waals surface area contributed by atoms with Crippen molar-refractivity contribution < 1.29 is 42.0 Å². The molecule has 9 nitrogen and oxygen atoms in total. The van der Waals surface area contributed by atoms with E-state index in [9.17, 15) is 28.5 Å². The predicted octanol–water partition coefficient (Wildman–Crippen LogP) is 1.31. The average molecular weight is 368 g/mol. The van der Waals surface area contributed by atoms with Gasteiger partial charge in [0.2, 0.25) is 5.78 Å². The molecule has 2 aromatic rings. The van der Waals surface area contributed by atoms with Gasteiger partial charge >= 0.3 is 10.4 Å². The standard InChI is InChI=1S/C15H12O9S/c16-8-3-1-2-7(4-8)14-15(24-25(20,21)22)13(19)12-10(18)5-9(17)6-11(12)23-14/h1-6,14-18H,(H,20,21,22). The second kappa shape index (κ2) is 5.92. The number of Topliss-reactive ketones (excluding diaryl/α,β-unsaturated/α-hetero) is 1. The molecule has 1 heterocycles. The number of phenols is 3. The van der Waals surface area contributed by atoms with E-state index < -0.39 is 39.7 Å². The summed E-state index contributed by atoms with van der Waals surface area (Å²) < 4.78 is 41.1. The van der Waals surface area contributed by atoms with Gasteiger partial charge in [-0.25, -0.2) is 4.18 Å². The maximum absolute atomic E-state index is 12.6. The summed E-state index contributed by atoms with van der Waals surface area (Å²) in [5.74, 6) is -2.38. The van der Waals surface area contributed by atoms with Gasteiger partial charge in [0.25, 0.3) is 0 Å². The fourth-order valence-electron chi connectivity index (χ4n) is 2.58. The van der Waals surface area contributed by atoms with Crippen molar-refractivity contribution in [3.63, 3.8) is 0 Å². The molecule has 2 unspecified atom stereocenters. The average Bonchev–Trinajstić information content (AvgIpc) is 2.48. The Labute approximate surface area is 141 Å². The van der Waals surface area contributed by atoms with Gasteiger partial charge in [0.15, 0.2) is 12.2 Å². The highest BCUT2D eigenvalue weighted by Gasteiger charge is 2.43. The summed E-state index contributed by atoms with van der Waals surface area (Å²) in [6.07, 6.45) is -3.21. The molecule has 132 valence electrons. The smallest absolute Gasteiger partial charge is 0.398 e. The predicted molar refractivity (Wildman–Crippen MR) is 82.0 cm³/mol. The van der Waals surface area contributed by atoms with E-state index in [0.29, 0.717) is 0 Å². The van der Waals surface area contributed by atoms with Crippen LogP contribution in [0.5, 0.6) is 23.0 Å². The number of hydrogen-bond acceptors (Lipinski definition) is 8. The number of benzene rings is 2. The summed E-state index contributed by atoms with van der Waals surface area (Å²) in [5.41, 5.74) is -0.224. The van der Waals surface area contributed by atoms with Crippen LogP contribution >= 0.6 is 0 Å². The first-order valence-corrected chi connectivity index (χ1v) is 8.23. The minimum absolute atomic E-state index is 0.176. The Kier molecular flexibility index (Phi) is 4.03. The van der Waals surface area contributed by atoms with Crippen LogP contribution in [0.25, 0.3) is 0 Å². The maximum atomic E-state index is 12.6. The van der Waals surface area contributed by atoms with Crippen LogP contribution in [0.4, 0.5) is 0 Å². The summed E-state index contributed by atoms with van der Waals surface area (Å²) in [5, 5.41) is 29.0. The van der Waals surface area contributed by atoms with Crippen molar-refractivity contribution in [3.8, 4) is 23.0 Å². The lowest BCUT2D eigenvalue weighted by Crippen LogP contribution is -2.39. The van der Waals surface area contributed by atoms with Gasteiger partial charge in [-0.2, -0.15) is 8.42 Å². The van der Waals surface area contributed by atoms with E-state index in [0.717, 1.165) is 12.1 Å². The van der Waals surface area contributed by atoms with Crippen LogP contribution in [-0.4, -0.2) is 40.2 Å². The summed E-state index contributed by atoms with van der Waals surface area (Å²) >= 11 is 0. The fourth-order valence-corrected chi connectivity index (χ4v) is 3.03. The zero-order valence-electron chi connectivity index (χ0n) is 12.4. The Hall–Kier alpha value is -2.82. The molecule has 1 aliphatic rings. The van der Waals surface area contributed by atoms with Crippen molar-refractivity contribution in [2.75, 3.05) is 0 Å². The van der Waals surface area contributed by atoms with E-state index in [1.165, 1.54) is 24.3 Å². The van der Waals surface area contributed by atoms with Crippen molar-refractivity contribution in [3.05, 3.63) is 47.5 Å². The molecule has 25 heavy (non-hydrogen) atoms. The Morgan fingerprint density at radius 2 is 1.76 bits per heavy atom. The van der Waals surface area contributed by atoms with Gasteiger partial charge in [-0.1, -0.05) is 12.1 Å². The van der Waals surface area contributed by atoms with Gasteiger partial charge < -0.3 is 20.1 Å². The summed E-state index contributed by atoms with van der Waals surface area (Å²) in [6, 6.07) is 7.36. The zero-order valence-corrected chi connectivity index (χ0v) is 13.2. The number of carbonyl (C=O) groups excluding carboxylic acids is 1. The second-order valence-electron chi connectivity index (χ2n) is 5.28. The third-order valence-electron chi connectivity index (χ3n) is 3.52. The maximum Gasteiger partial charge on any atom is 0.398 e. The number of carbonyl (C=O) groups is 1. The van der Waals surface area contributed by atoms with Crippen molar-refractivity contribution in [2.24, 2.45) is 0 Å². The van der Waals surface area contributed by atoms with E-state index in [2.05, 4.69) is 4.18 Å². The van der Waals surface area contributed by atoms with Gasteiger partial charge in [-0.15, -0.1) is 0 Å². The number of phenolic OH excluding ortho intramolecular Hbond substituents is 3. The lowest BCUT2D eigenvalue weighted by molar-refractivity contribution is 0.0292. The second-order valence-corrected chi connectivity index (χ2v) is 6.33. The summed E-state index contributed by atoms with van der Waals surface area (Å²) in [6.45, 7) is 0. The highest BCUT2D eigenvalue weighted by molar-refractivity contribution is 7.80. The number of ketones is 1. The molecule has 0 amide bonds. The van der Waals surface area contributed by atoms with E-state index in [-0.39, 0.29) is 22.8 Å². The van der Waals surface area contributed by atoms with Crippen LogP contribution < -0.4 is 4.74 Å². The molecule has 0 saturated heterocycles. The molecule has 0 radical (unpaired) electrons. The Balaban J connectivity index is 2.16. The van der Waals surface area contributed by atoms with Crippen molar-refractivity contribution in [2.45, 2.75) is 12.2 Å². The number of fused-ring (bicyclic) bond motifs is 1. The number of rotatable bonds is 3. The molecule has 1 aliphatic heterocycles. The number of ether oxygens (including phenoxy) is 1. The van der Waals surface area contributed by atoms with Crippen LogP contribution in [-0.2, 0) is 14.6 Å². The quantitative estimate of drug-likeness (QED) is 0.588. The molecular formula is C15H12O9S. The van der Waals surface area contributed by atoms with E-state index in [4.69, 9.17) is 9.29 Å². The topological polar surface area (TPSA) is 151 Å². The first kappa shape index (κ1) is 17.0. The van der Waals surface area contributed by atoms with Gasteiger partial charge in [-0.05, 0) is 17.7 Å². The fraction of sp³-hybridized carbons (Fsp3) is 0.133. The first-order valence-electron chi connectivity index (χ1n) is 6.87. The number of hydrogen-bond donors (Lipinski definition) is 4. The molecule has 0 spiro atoms. The Morgan fingerprint density at radius 1 is 1.04 bits per heavy atom. The first-order chi connectivity index (χ1) is 11.7. The molecule has 2 aromatic carbocycles. The third-order valence-corrected chi connectivity index (χ3v) is 3.97. The molecule has 3 rings (SSSR count). The molecule has 4 N–H and O–H groups in total. The molecular weight excluding hydrogens is 356 g/mol. The zero-order chi connectivity index (χ0) is 18.4. The molecule has 2 atom stereocenters. The van der Waals surface area contributed by atoms with Gasteiger partial charge in [0.1, 0.15) is 28.6 Å². The molecule has 0 bridgehead atoms. The Bertz CT molecular complexity index is 951. The largest absolute Gasteiger partial charge is 0.508 e. The Morgan fingerprint density at radius 3 is 2.40 bits per heavy atom. The molecule has 0 aromatic heterocycles. The normalized spacial score (nSPS) is 20.0. The third kappa shape index (κ3) is 3.36. The van der Waals surface area contributed by atoms with Crippen LogP contribution in [0.3, 0.4) is 0 Å². The lowest BCUT2D eigenvalue weighted by Gasteiger charge is -2.31. The SMILES string of the molecule is O=C1c2c(O)cc(O)cc2OC(c2cccc(O)c2)C1OS(=O)(=O)O. The lowest BCUT2D eigenvalue weighted by atomic mass is 9.93. The van der Waals surface area contributed by atoms with E-state index in [1.807, 2.05) is 0 Å². The van der Waals surface area contributed by atoms with E-state index in [1.54, 1.807) is 0 Å². The van der Waals surface area contributed by atoms with Gasteiger partial charge in [0, 0.05) is 12.1 Å². The molecule has 10 heteroatoms. The van der Waals surface area contributed by atoms with Gasteiger partial charge in [-0.3, -0.25) is 9.35 Å². The molecule has 0 saturated carbocycles. The van der Waals surface area contributed by atoms with Crippen LogP contribution in [0.15, 0.2) is 36.4 Å². The van der Waals surface area contributed by atoms with Crippen LogP contribution in [0, 0.1) is 0 Å². The summed E-state index contributed by atoms with van der Waals surface area (Å²) in [7, 11) is -5.03. The highest BCUT2D eigenvalue weighted by atomic mass is 32.3. The van der Waals surface area contributed by atoms with Crippen molar-refractivity contribution in [1.29, 1.82) is 0 Å². The van der Waals surface area contributed by atoms with Crippen LogP contribution in [0.1, 0.15) is 22.0 Å². The molecule has 0 fully saturated rings.